The molecule has 3 aromatic rings. The number of nitrogens with zero attached hydrogens (tertiary/aromatic N) is 3. The number of hydrogen-bond donors (Lipinski definition) is 2. The number of halogens is 3. The molecule has 1 fully saturated rings. The molecular formula is C28H30F3N5O2. The van der Waals surface area contributed by atoms with Crippen LogP contribution in [0.25, 0.3) is 11.1 Å². The van der Waals surface area contributed by atoms with Crippen LogP contribution in [0.1, 0.15) is 47.1 Å². The van der Waals surface area contributed by atoms with Crippen LogP contribution in [0.3, 0.4) is 0 Å². The molecule has 0 bridgehead atoms. The first kappa shape index (κ1) is 27.1. The molecular weight excluding hydrogens is 495 g/mol. The molecule has 0 aliphatic carbocycles. The molecule has 2 aromatic carbocycles. The van der Waals surface area contributed by atoms with Crippen LogP contribution in [0, 0.1) is 0 Å². The second-order valence-corrected chi connectivity index (χ2v) is 9.28. The minimum Gasteiger partial charge on any atom is -0.368 e. The Morgan fingerprint density at radius 2 is 1.71 bits per heavy atom. The van der Waals surface area contributed by atoms with Crippen molar-refractivity contribution in [3.63, 3.8) is 0 Å². The van der Waals surface area contributed by atoms with Crippen LogP contribution in [0.15, 0.2) is 60.8 Å². The van der Waals surface area contributed by atoms with Crippen LogP contribution in [0.4, 0.5) is 18.9 Å². The summed E-state index contributed by atoms with van der Waals surface area (Å²) in [5, 5.41) is 2.93. The molecule has 1 aromatic heterocycles. The van der Waals surface area contributed by atoms with Crippen molar-refractivity contribution in [1.82, 2.24) is 15.2 Å². The SMILES string of the molecule is CC(=O)N1CCN(c2ccnc(C(=O)N[C@H](C)c3ccc(-c4cc(C(F)(F)F)ccc4CN)cc3)c2)CC1. The van der Waals surface area contributed by atoms with E-state index in [4.69, 9.17) is 5.73 Å². The van der Waals surface area contributed by atoms with Gasteiger partial charge < -0.3 is 20.9 Å². The average molecular weight is 526 g/mol. The van der Waals surface area contributed by atoms with Crippen molar-refractivity contribution in [3.8, 4) is 11.1 Å². The summed E-state index contributed by atoms with van der Waals surface area (Å²) in [5.41, 5.74) is 8.60. The van der Waals surface area contributed by atoms with Crippen molar-refractivity contribution in [1.29, 1.82) is 0 Å². The number of pyridine rings is 1. The Hall–Kier alpha value is -3.92. The minimum atomic E-state index is -4.45. The molecule has 1 aliphatic rings. The molecule has 0 unspecified atom stereocenters. The van der Waals surface area contributed by atoms with Crippen LogP contribution < -0.4 is 16.0 Å². The summed E-state index contributed by atoms with van der Waals surface area (Å²) in [7, 11) is 0. The fourth-order valence-corrected chi connectivity index (χ4v) is 4.52. The van der Waals surface area contributed by atoms with Crippen LogP contribution in [0.5, 0.6) is 0 Å². The fraction of sp³-hybridized carbons (Fsp3) is 0.321. The third-order valence-corrected chi connectivity index (χ3v) is 6.79. The van der Waals surface area contributed by atoms with Gasteiger partial charge in [0.25, 0.3) is 5.91 Å². The Kier molecular flexibility index (Phi) is 8.01. The van der Waals surface area contributed by atoms with Gasteiger partial charge in [0.05, 0.1) is 11.6 Å². The molecule has 1 aliphatic heterocycles. The van der Waals surface area contributed by atoms with Crippen molar-refractivity contribution in [2.24, 2.45) is 5.73 Å². The molecule has 4 rings (SSSR count). The number of carbonyl (C=O) groups excluding carboxylic acids is 2. The monoisotopic (exact) mass is 525 g/mol. The normalized spacial score (nSPS) is 14.8. The van der Waals surface area contributed by atoms with Crippen molar-refractivity contribution >= 4 is 17.5 Å². The van der Waals surface area contributed by atoms with Gasteiger partial charge >= 0.3 is 6.18 Å². The van der Waals surface area contributed by atoms with Crippen molar-refractivity contribution in [2.75, 3.05) is 31.1 Å². The molecule has 2 heterocycles. The van der Waals surface area contributed by atoms with Crippen molar-refractivity contribution < 1.29 is 22.8 Å². The number of hydrogen-bond acceptors (Lipinski definition) is 5. The Morgan fingerprint density at radius 1 is 1.03 bits per heavy atom. The Balaban J connectivity index is 1.44. The topological polar surface area (TPSA) is 91.6 Å². The number of aromatic nitrogens is 1. The summed E-state index contributed by atoms with van der Waals surface area (Å²) in [5.74, 6) is -0.287. The Bertz CT molecular complexity index is 1300. The van der Waals surface area contributed by atoms with Crippen LogP contribution >= 0.6 is 0 Å². The molecule has 1 saturated heterocycles. The summed E-state index contributed by atoms with van der Waals surface area (Å²) in [6.07, 6.45) is -2.86. The number of alkyl halides is 3. The zero-order valence-corrected chi connectivity index (χ0v) is 21.3. The summed E-state index contributed by atoms with van der Waals surface area (Å²) < 4.78 is 39.7. The summed E-state index contributed by atoms with van der Waals surface area (Å²) in [6.45, 7) is 6.09. The smallest absolute Gasteiger partial charge is 0.368 e. The number of carbonyl (C=O) groups is 2. The van der Waals surface area contributed by atoms with Gasteiger partial charge in [-0.2, -0.15) is 13.2 Å². The summed E-state index contributed by atoms with van der Waals surface area (Å²) in [6, 6.07) is 13.8. The highest BCUT2D eigenvalue weighted by Crippen LogP contribution is 2.34. The third-order valence-electron chi connectivity index (χ3n) is 6.79. The average Bonchev–Trinajstić information content (AvgIpc) is 2.92. The molecule has 0 spiro atoms. The lowest BCUT2D eigenvalue weighted by molar-refractivity contribution is -0.137. The summed E-state index contributed by atoms with van der Waals surface area (Å²) in [4.78, 5) is 32.6. The number of piperazine rings is 1. The van der Waals surface area contributed by atoms with E-state index in [9.17, 15) is 22.8 Å². The number of nitrogens with one attached hydrogen (secondary N) is 1. The first-order chi connectivity index (χ1) is 18.1. The van der Waals surface area contributed by atoms with Gasteiger partial charge in [-0.3, -0.25) is 14.6 Å². The lowest BCUT2D eigenvalue weighted by Crippen LogP contribution is -2.48. The molecule has 10 heteroatoms. The maximum atomic E-state index is 13.2. The molecule has 200 valence electrons. The molecule has 0 radical (unpaired) electrons. The number of rotatable bonds is 6. The first-order valence-corrected chi connectivity index (χ1v) is 12.3. The largest absolute Gasteiger partial charge is 0.416 e. The molecule has 38 heavy (non-hydrogen) atoms. The fourth-order valence-electron chi connectivity index (χ4n) is 4.52. The van der Waals surface area contributed by atoms with Gasteiger partial charge in [0, 0.05) is 51.5 Å². The highest BCUT2D eigenvalue weighted by atomic mass is 19.4. The lowest BCUT2D eigenvalue weighted by atomic mass is 9.95. The predicted octanol–water partition coefficient (Wildman–Crippen LogP) is 4.39. The highest BCUT2D eigenvalue weighted by Gasteiger charge is 2.31. The molecule has 7 nitrogen and oxygen atoms in total. The third kappa shape index (κ3) is 6.13. The van der Waals surface area contributed by atoms with Gasteiger partial charge in [-0.1, -0.05) is 30.3 Å². The zero-order valence-electron chi connectivity index (χ0n) is 21.3. The van der Waals surface area contributed by atoms with Crippen LogP contribution in [-0.4, -0.2) is 47.9 Å². The Labute approximate surface area is 219 Å². The first-order valence-electron chi connectivity index (χ1n) is 12.3. The van der Waals surface area contributed by atoms with Crippen molar-refractivity contribution in [3.05, 3.63) is 83.2 Å². The molecule has 0 saturated carbocycles. The van der Waals surface area contributed by atoms with Gasteiger partial charge in [-0.05, 0) is 53.4 Å². The van der Waals surface area contributed by atoms with Gasteiger partial charge in [0.15, 0.2) is 0 Å². The van der Waals surface area contributed by atoms with Gasteiger partial charge in [0.2, 0.25) is 5.91 Å². The van der Waals surface area contributed by atoms with E-state index in [1.165, 1.54) is 6.07 Å². The zero-order chi connectivity index (χ0) is 27.4. The molecule has 1 atom stereocenters. The van der Waals surface area contributed by atoms with Gasteiger partial charge in [-0.15, -0.1) is 0 Å². The second-order valence-electron chi connectivity index (χ2n) is 9.28. The summed E-state index contributed by atoms with van der Waals surface area (Å²) >= 11 is 0. The molecule has 2 amide bonds. The number of benzene rings is 2. The maximum Gasteiger partial charge on any atom is 0.416 e. The highest BCUT2D eigenvalue weighted by molar-refractivity contribution is 5.93. The second kappa shape index (κ2) is 11.2. The Morgan fingerprint density at radius 3 is 2.32 bits per heavy atom. The van der Waals surface area contributed by atoms with E-state index in [2.05, 4.69) is 15.2 Å². The van der Waals surface area contributed by atoms with Crippen LogP contribution in [-0.2, 0) is 17.5 Å². The lowest BCUT2D eigenvalue weighted by Gasteiger charge is -2.35. The van der Waals surface area contributed by atoms with E-state index in [-0.39, 0.29) is 30.1 Å². The number of nitrogens with two attached hydrogens (primary N) is 1. The van der Waals surface area contributed by atoms with E-state index < -0.39 is 11.7 Å². The molecule has 3 N–H and O–H groups in total. The predicted molar refractivity (Wildman–Crippen MR) is 139 cm³/mol. The van der Waals surface area contributed by atoms with E-state index in [0.29, 0.717) is 42.9 Å². The quantitative estimate of drug-likeness (QED) is 0.498. The van der Waals surface area contributed by atoms with Crippen LogP contribution in [0.2, 0.25) is 0 Å². The van der Waals surface area contributed by atoms with E-state index in [1.54, 1.807) is 48.4 Å². The minimum absolute atomic E-state index is 0.0520. The standard InChI is InChI=1S/C28H30F3N5O2/c1-18(20-3-5-21(6-4-20)25-15-23(28(29,30)31)8-7-22(25)17-32)34-27(38)26-16-24(9-10-33-26)36-13-11-35(12-14-36)19(2)37/h3-10,15-16,18H,11-14,17,32H2,1-2H3,(H,34,38)/t18-/m1/s1. The number of amides is 2. The van der Waals surface area contributed by atoms with Gasteiger partial charge in [-0.25, -0.2) is 0 Å². The maximum absolute atomic E-state index is 13.2. The van der Waals surface area contributed by atoms with Crippen molar-refractivity contribution in [2.45, 2.75) is 32.6 Å². The van der Waals surface area contributed by atoms with E-state index >= 15 is 0 Å². The number of anilines is 1. The van der Waals surface area contributed by atoms with Gasteiger partial charge in [0.1, 0.15) is 5.69 Å². The van der Waals surface area contributed by atoms with E-state index in [1.807, 2.05) is 13.0 Å². The van der Waals surface area contributed by atoms with E-state index in [0.717, 1.165) is 23.4 Å².